The summed E-state index contributed by atoms with van der Waals surface area (Å²) in [5.74, 6) is 2.78. The largest absolute Gasteiger partial charge is 0.330 e. The van der Waals surface area contributed by atoms with Crippen molar-refractivity contribution in [3.05, 3.63) is 6.42 Å². The first-order valence-electron chi connectivity index (χ1n) is 4.70. The molecular weight excluding hydrogens is 220 g/mol. The van der Waals surface area contributed by atoms with Gasteiger partial charge in [0, 0.05) is 40.6 Å². The Balaban J connectivity index is 0.00000121. The summed E-state index contributed by atoms with van der Waals surface area (Å²) in [6.07, 6.45) is 4.84. The van der Waals surface area contributed by atoms with Gasteiger partial charge in [-0.15, -0.1) is 0 Å². The summed E-state index contributed by atoms with van der Waals surface area (Å²) in [5, 5.41) is 0. The number of hydrogen-bond acceptors (Lipinski definition) is 0. The SMILES string of the molecule is [B]C1[CH-]C(C)C(CC(C)C)C1.[Y]. The Morgan fingerprint density at radius 2 is 2.08 bits per heavy atom. The van der Waals surface area contributed by atoms with Crippen molar-refractivity contribution in [2.24, 2.45) is 17.8 Å². The Labute approximate surface area is 104 Å². The summed E-state index contributed by atoms with van der Waals surface area (Å²) in [5.41, 5.74) is 0. The van der Waals surface area contributed by atoms with Crippen molar-refractivity contribution in [1.82, 2.24) is 0 Å². The van der Waals surface area contributed by atoms with Crippen LogP contribution < -0.4 is 0 Å². The van der Waals surface area contributed by atoms with Gasteiger partial charge in [-0.3, -0.25) is 0 Å². The Hall–Kier alpha value is 1.17. The standard InChI is InChI=1S/C10H18B.Y/c1-7(2)4-9-6-10(11)5-8(9)3;/h5,7-10H,4,6H2,1-3H3;/q-1;. The molecule has 65 valence electrons. The first kappa shape index (κ1) is 13.2. The molecule has 3 unspecified atom stereocenters. The summed E-state index contributed by atoms with van der Waals surface area (Å²) < 4.78 is 0. The molecule has 0 amide bonds. The molecule has 0 aromatic heterocycles. The number of hydrogen-bond donors (Lipinski definition) is 0. The molecule has 1 aliphatic carbocycles. The normalized spacial score (nSPS) is 35.2. The topological polar surface area (TPSA) is 0 Å². The third-order valence-corrected chi connectivity index (χ3v) is 2.64. The van der Waals surface area contributed by atoms with Gasteiger partial charge in [-0.05, 0) is 5.92 Å². The van der Waals surface area contributed by atoms with Crippen LogP contribution >= 0.6 is 0 Å². The molecule has 3 atom stereocenters. The van der Waals surface area contributed by atoms with Gasteiger partial charge in [-0.2, -0.15) is 5.92 Å². The van der Waals surface area contributed by atoms with Crippen LogP contribution in [0.4, 0.5) is 0 Å². The third-order valence-electron chi connectivity index (χ3n) is 2.64. The summed E-state index contributed by atoms with van der Waals surface area (Å²) in [4.78, 5) is 0. The van der Waals surface area contributed by atoms with Crippen LogP contribution in [0.1, 0.15) is 33.6 Å². The van der Waals surface area contributed by atoms with Gasteiger partial charge in [0.1, 0.15) is 0 Å². The molecule has 12 heavy (non-hydrogen) atoms. The maximum atomic E-state index is 5.84. The molecule has 0 aliphatic heterocycles. The fraction of sp³-hybridized carbons (Fsp3) is 0.900. The molecule has 1 fully saturated rings. The molecule has 0 saturated heterocycles. The quantitative estimate of drug-likeness (QED) is 0.512. The molecule has 3 radical (unpaired) electrons. The molecule has 0 heterocycles. The summed E-state index contributed by atoms with van der Waals surface area (Å²) in [6.45, 7) is 6.87. The molecule has 0 aromatic rings. The van der Waals surface area contributed by atoms with Gasteiger partial charge >= 0.3 is 0 Å². The van der Waals surface area contributed by atoms with E-state index < -0.39 is 0 Å². The average Bonchev–Trinajstić information content (AvgIpc) is 2.09. The van der Waals surface area contributed by atoms with E-state index in [1.807, 2.05) is 0 Å². The molecule has 0 nitrogen and oxygen atoms in total. The average molecular weight is 238 g/mol. The molecule has 1 rings (SSSR count). The van der Waals surface area contributed by atoms with E-state index in [-0.39, 0.29) is 32.7 Å². The third kappa shape index (κ3) is 3.92. The maximum Gasteiger partial charge on any atom is 0.0314 e. The van der Waals surface area contributed by atoms with E-state index in [9.17, 15) is 0 Å². The fourth-order valence-corrected chi connectivity index (χ4v) is 2.11. The maximum absolute atomic E-state index is 5.84. The van der Waals surface area contributed by atoms with Gasteiger partial charge in [0.15, 0.2) is 0 Å². The monoisotopic (exact) mass is 238 g/mol. The van der Waals surface area contributed by atoms with Gasteiger partial charge in [-0.1, -0.05) is 39.5 Å². The first-order valence-corrected chi connectivity index (χ1v) is 4.70. The zero-order chi connectivity index (χ0) is 8.43. The molecule has 1 saturated carbocycles. The van der Waals surface area contributed by atoms with Crippen molar-refractivity contribution < 1.29 is 32.7 Å². The van der Waals surface area contributed by atoms with Crippen LogP contribution in [0, 0.1) is 24.2 Å². The minimum Gasteiger partial charge on any atom is -0.330 e. The Morgan fingerprint density at radius 3 is 2.42 bits per heavy atom. The van der Waals surface area contributed by atoms with Crippen molar-refractivity contribution in [1.29, 1.82) is 0 Å². The van der Waals surface area contributed by atoms with Crippen LogP contribution in [0.15, 0.2) is 0 Å². The van der Waals surface area contributed by atoms with E-state index >= 15 is 0 Å². The van der Waals surface area contributed by atoms with Crippen molar-refractivity contribution >= 4 is 7.85 Å². The van der Waals surface area contributed by atoms with Gasteiger partial charge in [-0.25, -0.2) is 5.82 Å². The second kappa shape index (κ2) is 5.81. The zero-order valence-corrected chi connectivity index (χ0v) is 11.3. The summed E-state index contributed by atoms with van der Waals surface area (Å²) >= 11 is 0. The van der Waals surface area contributed by atoms with Crippen LogP contribution in [-0.2, 0) is 32.7 Å². The van der Waals surface area contributed by atoms with E-state index in [0.717, 1.165) is 17.8 Å². The second-order valence-electron chi connectivity index (χ2n) is 4.34. The second-order valence-corrected chi connectivity index (χ2v) is 4.34. The predicted molar refractivity (Wildman–Crippen MR) is 50.5 cm³/mol. The minimum atomic E-state index is 0. The van der Waals surface area contributed by atoms with E-state index in [0.29, 0.717) is 5.82 Å². The predicted octanol–water partition coefficient (Wildman–Crippen LogP) is 2.85. The van der Waals surface area contributed by atoms with Gasteiger partial charge in [0.2, 0.25) is 0 Å². The van der Waals surface area contributed by atoms with Crippen molar-refractivity contribution in [3.63, 3.8) is 0 Å². The van der Waals surface area contributed by atoms with E-state index in [2.05, 4.69) is 27.2 Å². The Kier molecular flexibility index (Phi) is 6.37. The van der Waals surface area contributed by atoms with Gasteiger partial charge < -0.3 is 6.42 Å². The van der Waals surface area contributed by atoms with Crippen molar-refractivity contribution in [2.75, 3.05) is 0 Å². The first-order chi connectivity index (χ1) is 5.09. The molecule has 0 aromatic carbocycles. The Morgan fingerprint density at radius 1 is 1.50 bits per heavy atom. The molecule has 1 aliphatic rings. The summed E-state index contributed by atoms with van der Waals surface area (Å²) in [7, 11) is 5.84. The van der Waals surface area contributed by atoms with Crippen LogP contribution in [0.2, 0.25) is 5.82 Å². The molecule has 2 heteroatoms. The van der Waals surface area contributed by atoms with Gasteiger partial charge in [0.05, 0.1) is 0 Å². The van der Waals surface area contributed by atoms with E-state index in [1.165, 1.54) is 12.8 Å². The van der Waals surface area contributed by atoms with Crippen molar-refractivity contribution in [3.8, 4) is 0 Å². The minimum absolute atomic E-state index is 0. The van der Waals surface area contributed by atoms with Crippen LogP contribution in [0.3, 0.4) is 0 Å². The van der Waals surface area contributed by atoms with E-state index in [4.69, 9.17) is 7.85 Å². The fourth-order valence-electron chi connectivity index (χ4n) is 2.11. The summed E-state index contributed by atoms with van der Waals surface area (Å²) in [6, 6.07) is 0. The number of rotatable bonds is 2. The van der Waals surface area contributed by atoms with Crippen LogP contribution in [0.5, 0.6) is 0 Å². The molecule has 0 spiro atoms. The molecule has 0 bridgehead atoms. The smallest absolute Gasteiger partial charge is 0.0314 e. The molecule has 0 N–H and O–H groups in total. The Bertz CT molecular complexity index is 125. The van der Waals surface area contributed by atoms with E-state index in [1.54, 1.807) is 0 Å². The molecular formula is C10H18BY-. The van der Waals surface area contributed by atoms with Crippen LogP contribution in [-0.4, -0.2) is 7.85 Å². The zero-order valence-electron chi connectivity index (χ0n) is 8.46. The van der Waals surface area contributed by atoms with Crippen LogP contribution in [0.25, 0.3) is 0 Å². The van der Waals surface area contributed by atoms with Crippen molar-refractivity contribution in [2.45, 2.75) is 39.4 Å². The van der Waals surface area contributed by atoms with Gasteiger partial charge in [0.25, 0.3) is 0 Å².